The number of rotatable bonds is 14. The lowest BCUT2D eigenvalue weighted by molar-refractivity contribution is -0.199. The molecular weight excluding hydrogens is 655 g/mol. The van der Waals surface area contributed by atoms with Gasteiger partial charge in [-0.05, 0) is 98.9 Å². The van der Waals surface area contributed by atoms with E-state index in [0.29, 0.717) is 23.8 Å². The molecular formula is C37H53BN4O7S. The number of nitrogens with one attached hydrogen (secondary N) is 4. The molecule has 3 saturated carbocycles. The van der Waals surface area contributed by atoms with Crippen LogP contribution in [0, 0.1) is 30.1 Å². The molecule has 6 atom stereocenters. The predicted molar refractivity (Wildman–Crippen MR) is 193 cm³/mol. The molecule has 0 unspecified atom stereocenters. The third-order valence-corrected chi connectivity index (χ3v) is 12.4. The Morgan fingerprint density at radius 1 is 0.980 bits per heavy atom. The van der Waals surface area contributed by atoms with Gasteiger partial charge in [-0.3, -0.25) is 9.59 Å². The highest BCUT2D eigenvalue weighted by Crippen LogP contribution is 2.65. The van der Waals surface area contributed by atoms with Crippen LogP contribution in [0.5, 0.6) is 0 Å². The van der Waals surface area contributed by atoms with Crippen molar-refractivity contribution < 1.29 is 32.1 Å². The van der Waals surface area contributed by atoms with Gasteiger partial charge >= 0.3 is 13.1 Å². The monoisotopic (exact) mass is 708 g/mol. The van der Waals surface area contributed by atoms with Crippen molar-refractivity contribution in [2.24, 2.45) is 23.2 Å². The largest absolute Gasteiger partial charge is 0.481 e. The molecule has 11 nitrogen and oxygen atoms in total. The first-order valence-corrected chi connectivity index (χ1v) is 19.4. The number of hydrogen-bond donors (Lipinski definition) is 4. The number of hydrogen-bond acceptors (Lipinski definition) is 7. The van der Waals surface area contributed by atoms with Gasteiger partial charge in [-0.1, -0.05) is 70.9 Å². The van der Waals surface area contributed by atoms with E-state index in [2.05, 4.69) is 43.6 Å². The molecule has 2 aromatic carbocycles. The van der Waals surface area contributed by atoms with Crippen LogP contribution in [-0.4, -0.2) is 63.6 Å². The van der Waals surface area contributed by atoms with Gasteiger partial charge in [-0.15, -0.1) is 0 Å². The van der Waals surface area contributed by atoms with Crippen LogP contribution in [0.1, 0.15) is 95.1 Å². The highest BCUT2D eigenvalue weighted by atomic mass is 32.2. The molecule has 1 heterocycles. The van der Waals surface area contributed by atoms with Gasteiger partial charge in [0.25, 0.3) is 15.9 Å². The first-order chi connectivity index (χ1) is 23.5. The Bertz CT molecular complexity index is 1650. The molecule has 4 aliphatic rings. The normalized spacial score (nSPS) is 24.8. The van der Waals surface area contributed by atoms with Crippen molar-refractivity contribution in [2.45, 2.75) is 116 Å². The highest BCUT2D eigenvalue weighted by Gasteiger charge is 2.68. The molecule has 2 aromatic rings. The average Bonchev–Trinajstić information content (AvgIpc) is 3.42. The van der Waals surface area contributed by atoms with Crippen molar-refractivity contribution in [1.82, 2.24) is 20.7 Å². The number of amides is 4. The quantitative estimate of drug-likeness (QED) is 0.203. The topological polar surface area (TPSA) is 152 Å². The minimum absolute atomic E-state index is 0.0764. The van der Waals surface area contributed by atoms with E-state index in [0.717, 1.165) is 43.2 Å². The van der Waals surface area contributed by atoms with Crippen molar-refractivity contribution >= 4 is 35.0 Å². The van der Waals surface area contributed by atoms with Gasteiger partial charge in [0.15, 0.2) is 0 Å². The van der Waals surface area contributed by atoms with Gasteiger partial charge in [-0.25, -0.2) is 17.9 Å². The molecule has 50 heavy (non-hydrogen) atoms. The number of unbranched alkanes of at least 4 members (excludes halogenated alkanes) is 1. The summed E-state index contributed by atoms with van der Waals surface area (Å²) in [5, 5.41) is 8.30. The van der Waals surface area contributed by atoms with E-state index < -0.39 is 52.6 Å². The molecule has 0 radical (unpaired) electrons. The molecule has 1 aliphatic heterocycles. The second kappa shape index (κ2) is 15.1. The summed E-state index contributed by atoms with van der Waals surface area (Å²) >= 11 is 0. The highest BCUT2D eigenvalue weighted by molar-refractivity contribution is 7.90. The van der Waals surface area contributed by atoms with E-state index in [9.17, 15) is 22.8 Å². The van der Waals surface area contributed by atoms with E-state index in [4.69, 9.17) is 9.31 Å². The van der Waals surface area contributed by atoms with Crippen LogP contribution in [0.15, 0.2) is 53.4 Å². The maximum absolute atomic E-state index is 14.0. The van der Waals surface area contributed by atoms with E-state index in [-0.39, 0.29) is 28.9 Å². The lowest BCUT2D eigenvalue weighted by Crippen LogP contribution is -2.65. The van der Waals surface area contributed by atoms with Gasteiger partial charge in [-0.2, -0.15) is 0 Å². The SMILES string of the molecule is CCCCc1ccc(C(=O)N[C@@H](CNC(=O)NS(=O)(=O)c2ccc(C)cc2)C(=O)N[C@@H](CC(C)C)B2O[C@@H]3C[C@@H]4C[C@@H](C4(C)C)[C@]3(C)O2)cc1. The Balaban J connectivity index is 1.31. The Morgan fingerprint density at radius 3 is 2.28 bits per heavy atom. The number of urea groups is 1. The van der Waals surface area contributed by atoms with E-state index in [1.165, 1.54) is 12.1 Å². The number of sulfonamides is 1. The van der Waals surface area contributed by atoms with E-state index in [1.54, 1.807) is 24.3 Å². The summed E-state index contributed by atoms with van der Waals surface area (Å²) in [5.74, 6) is -0.489. The van der Waals surface area contributed by atoms with Gasteiger partial charge in [0.1, 0.15) is 6.04 Å². The van der Waals surface area contributed by atoms with Crippen LogP contribution in [0.3, 0.4) is 0 Å². The zero-order valence-electron chi connectivity index (χ0n) is 30.4. The number of aryl methyl sites for hydroxylation is 2. The van der Waals surface area contributed by atoms with Gasteiger partial charge in [0, 0.05) is 12.1 Å². The van der Waals surface area contributed by atoms with Gasteiger partial charge in [0.05, 0.1) is 22.5 Å². The Kier molecular flexibility index (Phi) is 11.4. The first kappa shape index (κ1) is 37.8. The summed E-state index contributed by atoms with van der Waals surface area (Å²) in [6.07, 6.45) is 5.46. The minimum atomic E-state index is -4.17. The Labute approximate surface area is 297 Å². The van der Waals surface area contributed by atoms with Crippen molar-refractivity contribution in [3.8, 4) is 0 Å². The van der Waals surface area contributed by atoms with Crippen molar-refractivity contribution in [2.75, 3.05) is 6.54 Å². The molecule has 0 aromatic heterocycles. The summed E-state index contributed by atoms with van der Waals surface area (Å²) in [5.41, 5.74) is 2.01. The predicted octanol–water partition coefficient (Wildman–Crippen LogP) is 4.92. The molecule has 0 spiro atoms. The van der Waals surface area contributed by atoms with Crippen molar-refractivity contribution in [3.05, 3.63) is 65.2 Å². The lowest BCUT2D eigenvalue weighted by Gasteiger charge is -2.64. The smallest absolute Gasteiger partial charge is 0.404 e. The summed E-state index contributed by atoms with van der Waals surface area (Å²) < 4.78 is 40.9. The second-order valence-corrected chi connectivity index (χ2v) is 17.2. The minimum Gasteiger partial charge on any atom is -0.404 e. The molecule has 1 saturated heterocycles. The van der Waals surface area contributed by atoms with Crippen LogP contribution < -0.4 is 20.7 Å². The maximum Gasteiger partial charge on any atom is 0.481 e. The van der Waals surface area contributed by atoms with Gasteiger partial charge < -0.3 is 25.3 Å². The number of carbonyl (C=O) groups excluding carboxylic acids is 3. The van der Waals surface area contributed by atoms with Gasteiger partial charge in [0.2, 0.25) is 5.91 Å². The molecule has 2 bridgehead atoms. The summed E-state index contributed by atoms with van der Waals surface area (Å²) in [7, 11) is -4.86. The molecule has 4 amide bonds. The zero-order chi connectivity index (χ0) is 36.4. The molecule has 6 rings (SSSR count). The van der Waals surface area contributed by atoms with Crippen LogP contribution in [0.25, 0.3) is 0 Å². The number of benzene rings is 2. The third-order valence-electron chi connectivity index (χ3n) is 11.0. The first-order valence-electron chi connectivity index (χ1n) is 17.9. The molecule has 4 fully saturated rings. The lowest BCUT2D eigenvalue weighted by atomic mass is 9.43. The maximum atomic E-state index is 14.0. The van der Waals surface area contributed by atoms with Crippen LogP contribution in [0.4, 0.5) is 4.79 Å². The van der Waals surface area contributed by atoms with Crippen LogP contribution in [-0.2, 0) is 30.5 Å². The summed E-state index contributed by atoms with van der Waals surface area (Å²) in [6, 6.07) is 11.0. The van der Waals surface area contributed by atoms with Crippen molar-refractivity contribution in [3.63, 3.8) is 0 Å². The number of carbonyl (C=O) groups is 3. The summed E-state index contributed by atoms with van der Waals surface area (Å²) in [6.45, 7) is 14.4. The molecule has 3 aliphatic carbocycles. The fourth-order valence-electron chi connectivity index (χ4n) is 7.88. The zero-order valence-corrected chi connectivity index (χ0v) is 31.2. The molecule has 4 N–H and O–H groups in total. The van der Waals surface area contributed by atoms with E-state index >= 15 is 0 Å². The van der Waals surface area contributed by atoms with Crippen molar-refractivity contribution in [1.29, 1.82) is 0 Å². The standard InChI is InChI=1S/C37H53BN4O7S/c1-8-9-10-25-13-15-26(16-14-25)33(43)40-29(22-39-35(45)42-50(46,47)28-17-11-24(4)12-18-28)34(44)41-32(19-23(2)3)38-48-31-21-27-20-30(36(27,5)6)37(31,7)49-38/h11-18,23,27,29-32H,8-10,19-22H2,1-7H3,(H,40,43)(H,41,44)(H2,39,42,45)/t27-,29-,30-,31+,32-,37-/m0/s1. The summed E-state index contributed by atoms with van der Waals surface area (Å²) in [4.78, 5) is 40.3. The second-order valence-electron chi connectivity index (χ2n) is 15.5. The van der Waals surface area contributed by atoms with Crippen LogP contribution >= 0.6 is 0 Å². The molecule has 13 heteroatoms. The fraction of sp³-hybridized carbons (Fsp3) is 0.595. The Hall–Kier alpha value is -3.42. The van der Waals surface area contributed by atoms with E-state index in [1.807, 2.05) is 37.6 Å². The Morgan fingerprint density at radius 2 is 1.66 bits per heavy atom. The third kappa shape index (κ3) is 8.21. The average molecular weight is 709 g/mol. The fourth-order valence-corrected chi connectivity index (χ4v) is 8.81. The molecule has 272 valence electrons. The van der Waals surface area contributed by atoms with Crippen LogP contribution in [0.2, 0.25) is 0 Å².